The van der Waals surface area contributed by atoms with Crippen molar-refractivity contribution in [1.29, 1.82) is 0 Å². The highest BCUT2D eigenvalue weighted by Crippen LogP contribution is 2.46. The Morgan fingerprint density at radius 2 is 1.88 bits per heavy atom. The molecular formula is C11H11BrClF3O. The molecule has 0 aliphatic rings. The summed E-state index contributed by atoms with van der Waals surface area (Å²) in [7, 11) is 1.33. The second kappa shape index (κ2) is 5.06. The number of methoxy groups -OCH3 is 1. The Morgan fingerprint density at radius 1 is 1.35 bits per heavy atom. The van der Waals surface area contributed by atoms with Crippen LogP contribution in [0.5, 0.6) is 5.75 Å². The molecule has 1 atom stereocenters. The quantitative estimate of drug-likeness (QED) is 0.699. The average molecular weight is 332 g/mol. The molecule has 0 aliphatic heterocycles. The van der Waals surface area contributed by atoms with Gasteiger partial charge in [-0.25, -0.2) is 0 Å². The fraction of sp³-hybridized carbons (Fsp3) is 0.455. The molecule has 0 radical (unpaired) electrons. The fourth-order valence-electron chi connectivity index (χ4n) is 1.62. The highest BCUT2D eigenvalue weighted by molar-refractivity contribution is 9.10. The molecule has 1 aromatic carbocycles. The van der Waals surface area contributed by atoms with E-state index in [2.05, 4.69) is 15.9 Å². The molecule has 1 unspecified atom stereocenters. The molecule has 96 valence electrons. The first-order chi connectivity index (χ1) is 7.70. The summed E-state index contributed by atoms with van der Waals surface area (Å²) in [6.07, 6.45) is -4.51. The zero-order valence-electron chi connectivity index (χ0n) is 9.45. The van der Waals surface area contributed by atoms with Crippen LogP contribution in [0.25, 0.3) is 0 Å². The van der Waals surface area contributed by atoms with Crippen molar-refractivity contribution in [3.8, 4) is 5.75 Å². The molecule has 0 aliphatic carbocycles. The molecule has 0 spiro atoms. The summed E-state index contributed by atoms with van der Waals surface area (Å²) in [6, 6.07) is 1.71. The molecule has 0 aromatic heterocycles. The number of aryl methyl sites for hydroxylation is 1. The summed E-state index contributed by atoms with van der Waals surface area (Å²) in [5, 5.41) is -2.08. The highest BCUT2D eigenvalue weighted by atomic mass is 79.9. The third kappa shape index (κ3) is 2.88. The van der Waals surface area contributed by atoms with Crippen LogP contribution in [0.15, 0.2) is 10.5 Å². The first-order valence-electron chi connectivity index (χ1n) is 4.74. The Morgan fingerprint density at radius 3 is 2.29 bits per heavy atom. The van der Waals surface area contributed by atoms with Crippen LogP contribution in [-0.2, 0) is 0 Å². The van der Waals surface area contributed by atoms with Crippen LogP contribution in [-0.4, -0.2) is 13.3 Å². The highest BCUT2D eigenvalue weighted by Gasteiger charge is 2.42. The van der Waals surface area contributed by atoms with E-state index in [1.54, 1.807) is 19.9 Å². The molecule has 17 heavy (non-hydrogen) atoms. The summed E-state index contributed by atoms with van der Waals surface area (Å²) in [5.41, 5.74) is 1.01. The van der Waals surface area contributed by atoms with Gasteiger partial charge < -0.3 is 4.74 Å². The van der Waals surface area contributed by atoms with Crippen LogP contribution in [0.2, 0.25) is 0 Å². The maximum Gasteiger partial charge on any atom is 0.409 e. The van der Waals surface area contributed by atoms with Crippen LogP contribution < -0.4 is 4.74 Å². The minimum Gasteiger partial charge on any atom is -0.496 e. The van der Waals surface area contributed by atoms with E-state index in [9.17, 15) is 13.2 Å². The monoisotopic (exact) mass is 330 g/mol. The second-order valence-corrected chi connectivity index (χ2v) is 4.94. The van der Waals surface area contributed by atoms with E-state index in [-0.39, 0.29) is 11.3 Å². The molecule has 0 heterocycles. The standard InChI is InChI=1S/C11H11BrClF3O/c1-5-4-7(12)6(2)8(9(5)17-3)10(13)11(14,15)16/h4,10H,1-3H3. The lowest BCUT2D eigenvalue weighted by Crippen LogP contribution is -2.18. The van der Waals surface area contributed by atoms with Crippen molar-refractivity contribution >= 4 is 27.5 Å². The lowest BCUT2D eigenvalue weighted by atomic mass is 10.0. The van der Waals surface area contributed by atoms with E-state index in [1.165, 1.54) is 7.11 Å². The van der Waals surface area contributed by atoms with Crippen LogP contribution in [0.4, 0.5) is 13.2 Å². The number of benzene rings is 1. The predicted octanol–water partition coefficient (Wildman–Crippen LogP) is 4.92. The van der Waals surface area contributed by atoms with E-state index in [4.69, 9.17) is 16.3 Å². The van der Waals surface area contributed by atoms with Crippen molar-refractivity contribution in [1.82, 2.24) is 0 Å². The van der Waals surface area contributed by atoms with Gasteiger partial charge in [0.2, 0.25) is 0 Å². The molecule has 0 fully saturated rings. The van der Waals surface area contributed by atoms with Gasteiger partial charge in [0.25, 0.3) is 0 Å². The molecule has 1 aromatic rings. The third-order valence-electron chi connectivity index (χ3n) is 2.45. The molecule has 0 saturated heterocycles. The van der Waals surface area contributed by atoms with Crippen LogP contribution in [0.3, 0.4) is 0 Å². The van der Waals surface area contributed by atoms with Crippen molar-refractivity contribution in [3.63, 3.8) is 0 Å². The average Bonchev–Trinajstić information content (AvgIpc) is 2.20. The Labute approximate surface area is 111 Å². The molecule has 1 nitrogen and oxygen atoms in total. The number of ether oxygens (including phenoxy) is 1. The number of alkyl halides is 4. The number of rotatable bonds is 2. The molecule has 0 N–H and O–H groups in total. The largest absolute Gasteiger partial charge is 0.496 e. The number of hydrogen-bond acceptors (Lipinski definition) is 1. The van der Waals surface area contributed by atoms with Crippen molar-refractivity contribution in [3.05, 3.63) is 27.2 Å². The minimum absolute atomic E-state index is 0.0338. The number of hydrogen-bond donors (Lipinski definition) is 0. The van der Waals surface area contributed by atoms with Crippen molar-refractivity contribution < 1.29 is 17.9 Å². The van der Waals surface area contributed by atoms with Gasteiger partial charge in [0, 0.05) is 10.0 Å². The fourth-order valence-corrected chi connectivity index (χ4v) is 2.43. The van der Waals surface area contributed by atoms with Gasteiger partial charge in [-0.05, 0) is 31.0 Å². The molecule has 0 amide bonds. The second-order valence-electron chi connectivity index (χ2n) is 3.65. The van der Waals surface area contributed by atoms with Gasteiger partial charge in [0.15, 0.2) is 5.38 Å². The van der Waals surface area contributed by atoms with Crippen molar-refractivity contribution in [2.75, 3.05) is 7.11 Å². The van der Waals surface area contributed by atoms with E-state index >= 15 is 0 Å². The van der Waals surface area contributed by atoms with Gasteiger partial charge >= 0.3 is 6.18 Å². The molecule has 6 heteroatoms. The van der Waals surface area contributed by atoms with Gasteiger partial charge in [-0.15, -0.1) is 11.6 Å². The number of halogens is 5. The smallest absolute Gasteiger partial charge is 0.409 e. The van der Waals surface area contributed by atoms with Crippen LogP contribution in [0.1, 0.15) is 22.1 Å². The van der Waals surface area contributed by atoms with E-state index < -0.39 is 11.6 Å². The van der Waals surface area contributed by atoms with Gasteiger partial charge in [-0.2, -0.15) is 13.2 Å². The van der Waals surface area contributed by atoms with Gasteiger partial charge in [-0.3, -0.25) is 0 Å². The van der Waals surface area contributed by atoms with E-state index in [1.807, 2.05) is 0 Å². The first-order valence-corrected chi connectivity index (χ1v) is 5.97. The molecular weight excluding hydrogens is 320 g/mol. The Hall–Kier alpha value is -0.420. The Bertz CT molecular complexity index is 432. The minimum atomic E-state index is -4.51. The van der Waals surface area contributed by atoms with Crippen molar-refractivity contribution in [2.24, 2.45) is 0 Å². The van der Waals surface area contributed by atoms with E-state index in [0.717, 1.165) is 0 Å². The van der Waals surface area contributed by atoms with Gasteiger partial charge in [-0.1, -0.05) is 15.9 Å². The molecule has 0 bridgehead atoms. The summed E-state index contributed by atoms with van der Waals surface area (Å²) in [4.78, 5) is 0. The molecule has 1 rings (SSSR count). The Kier molecular flexibility index (Phi) is 4.36. The first kappa shape index (κ1) is 14.6. The topological polar surface area (TPSA) is 9.23 Å². The lowest BCUT2D eigenvalue weighted by molar-refractivity contribution is -0.132. The van der Waals surface area contributed by atoms with Gasteiger partial charge in [0.1, 0.15) is 5.75 Å². The van der Waals surface area contributed by atoms with E-state index in [0.29, 0.717) is 15.6 Å². The summed E-state index contributed by atoms with van der Waals surface area (Å²) >= 11 is 8.70. The maximum absolute atomic E-state index is 12.7. The summed E-state index contributed by atoms with van der Waals surface area (Å²) < 4.78 is 43.7. The third-order valence-corrected chi connectivity index (χ3v) is 3.74. The lowest BCUT2D eigenvalue weighted by Gasteiger charge is -2.21. The predicted molar refractivity (Wildman–Crippen MR) is 64.8 cm³/mol. The Balaban J connectivity index is 3.50. The van der Waals surface area contributed by atoms with Crippen LogP contribution >= 0.6 is 27.5 Å². The SMILES string of the molecule is COc1c(C)cc(Br)c(C)c1C(Cl)C(F)(F)F. The molecule has 0 saturated carbocycles. The normalized spacial score (nSPS) is 13.6. The summed E-state index contributed by atoms with van der Waals surface area (Å²) in [5.74, 6) is 0.183. The zero-order chi connectivity index (χ0) is 13.4. The summed E-state index contributed by atoms with van der Waals surface area (Å²) in [6.45, 7) is 3.25. The van der Waals surface area contributed by atoms with Crippen molar-refractivity contribution in [2.45, 2.75) is 25.4 Å². The zero-order valence-corrected chi connectivity index (χ0v) is 11.8. The van der Waals surface area contributed by atoms with Gasteiger partial charge in [0.05, 0.1) is 7.11 Å². The van der Waals surface area contributed by atoms with Crippen LogP contribution in [0, 0.1) is 13.8 Å². The maximum atomic E-state index is 12.7.